The van der Waals surface area contributed by atoms with Gasteiger partial charge in [0.05, 0.1) is 24.7 Å². The highest BCUT2D eigenvalue weighted by Crippen LogP contribution is 2.26. The third-order valence-electron chi connectivity index (χ3n) is 4.74. The van der Waals surface area contributed by atoms with E-state index in [4.69, 9.17) is 4.74 Å². The molecule has 4 rings (SSSR count). The molecule has 2 aromatic carbocycles. The first kappa shape index (κ1) is 18.6. The number of para-hydroxylation sites is 3. The number of anilines is 2. The third-order valence-corrected chi connectivity index (χ3v) is 4.74. The molecule has 2 aromatic heterocycles. The molecule has 29 heavy (non-hydrogen) atoms. The van der Waals surface area contributed by atoms with E-state index >= 15 is 0 Å². The molecule has 0 atom stereocenters. The summed E-state index contributed by atoms with van der Waals surface area (Å²) in [5, 5.41) is 7.37. The number of hydrogen-bond donors (Lipinski definition) is 3. The Morgan fingerprint density at radius 3 is 2.72 bits per heavy atom. The van der Waals surface area contributed by atoms with E-state index in [-0.39, 0.29) is 5.91 Å². The SMILES string of the molecule is COc1ccccc1Nc1ccc(C(=O)NCCc2c[nH]c3ccccc23)nc1. The van der Waals surface area contributed by atoms with Crippen LogP contribution < -0.4 is 15.4 Å². The van der Waals surface area contributed by atoms with Crippen molar-refractivity contribution in [1.29, 1.82) is 0 Å². The van der Waals surface area contributed by atoms with Crippen LogP contribution in [0.2, 0.25) is 0 Å². The molecule has 0 unspecified atom stereocenters. The van der Waals surface area contributed by atoms with E-state index in [1.54, 1.807) is 19.4 Å². The summed E-state index contributed by atoms with van der Waals surface area (Å²) in [5.41, 5.74) is 4.30. The van der Waals surface area contributed by atoms with E-state index in [9.17, 15) is 4.79 Å². The number of hydrogen-bond acceptors (Lipinski definition) is 4. The molecule has 0 radical (unpaired) electrons. The van der Waals surface area contributed by atoms with Gasteiger partial charge in [-0.25, -0.2) is 4.98 Å². The molecule has 2 heterocycles. The van der Waals surface area contributed by atoms with Crippen molar-refractivity contribution in [3.8, 4) is 5.75 Å². The minimum absolute atomic E-state index is 0.186. The third kappa shape index (κ3) is 4.21. The van der Waals surface area contributed by atoms with Gasteiger partial charge in [0.1, 0.15) is 11.4 Å². The van der Waals surface area contributed by atoms with Crippen molar-refractivity contribution in [3.63, 3.8) is 0 Å². The lowest BCUT2D eigenvalue weighted by Crippen LogP contribution is -2.26. The Morgan fingerprint density at radius 2 is 1.90 bits per heavy atom. The highest BCUT2D eigenvalue weighted by molar-refractivity contribution is 5.92. The van der Waals surface area contributed by atoms with Crippen LogP contribution in [0.15, 0.2) is 73.1 Å². The molecular formula is C23H22N4O2. The summed E-state index contributed by atoms with van der Waals surface area (Å²) in [6.07, 6.45) is 4.39. The topological polar surface area (TPSA) is 79.0 Å². The molecule has 0 spiro atoms. The van der Waals surface area contributed by atoms with Crippen LogP contribution in [0.3, 0.4) is 0 Å². The first-order valence-corrected chi connectivity index (χ1v) is 9.44. The van der Waals surface area contributed by atoms with Gasteiger partial charge in [-0.15, -0.1) is 0 Å². The zero-order chi connectivity index (χ0) is 20.1. The maximum Gasteiger partial charge on any atom is 0.269 e. The van der Waals surface area contributed by atoms with Crippen LogP contribution in [-0.2, 0) is 6.42 Å². The van der Waals surface area contributed by atoms with Crippen molar-refractivity contribution in [2.75, 3.05) is 19.0 Å². The Kier molecular flexibility index (Phi) is 5.42. The summed E-state index contributed by atoms with van der Waals surface area (Å²) in [7, 11) is 1.63. The highest BCUT2D eigenvalue weighted by Gasteiger charge is 2.09. The fourth-order valence-corrected chi connectivity index (χ4v) is 3.25. The molecule has 1 amide bonds. The van der Waals surface area contributed by atoms with Gasteiger partial charge in [-0.05, 0) is 42.3 Å². The van der Waals surface area contributed by atoms with Gasteiger partial charge >= 0.3 is 0 Å². The Hall–Kier alpha value is -3.80. The van der Waals surface area contributed by atoms with E-state index in [0.29, 0.717) is 12.2 Å². The number of fused-ring (bicyclic) bond motifs is 1. The lowest BCUT2D eigenvalue weighted by atomic mass is 10.1. The largest absolute Gasteiger partial charge is 0.495 e. The summed E-state index contributed by atoms with van der Waals surface area (Å²) in [6.45, 7) is 0.545. The maximum atomic E-state index is 12.4. The standard InChI is InChI=1S/C23H22N4O2/c1-29-22-9-5-4-8-20(22)27-17-10-11-21(26-15-17)23(28)24-13-12-16-14-25-19-7-3-2-6-18(16)19/h2-11,14-15,25,27H,12-13H2,1H3,(H,24,28). The second-order valence-corrected chi connectivity index (χ2v) is 6.62. The van der Waals surface area contributed by atoms with Gasteiger partial charge in [-0.2, -0.15) is 0 Å². The number of nitrogens with one attached hydrogen (secondary N) is 3. The number of rotatable bonds is 7. The second-order valence-electron chi connectivity index (χ2n) is 6.62. The predicted octanol–water partition coefficient (Wildman–Crippen LogP) is 4.29. The molecule has 0 fully saturated rings. The molecule has 0 aliphatic heterocycles. The number of benzene rings is 2. The van der Waals surface area contributed by atoms with Gasteiger partial charge < -0.3 is 20.4 Å². The zero-order valence-corrected chi connectivity index (χ0v) is 16.1. The van der Waals surface area contributed by atoms with Gasteiger partial charge in [0.2, 0.25) is 0 Å². The fraction of sp³-hybridized carbons (Fsp3) is 0.130. The van der Waals surface area contributed by atoms with Gasteiger partial charge in [0.15, 0.2) is 0 Å². The molecule has 0 saturated carbocycles. The van der Waals surface area contributed by atoms with Crippen LogP contribution in [0.1, 0.15) is 16.1 Å². The van der Waals surface area contributed by atoms with E-state index in [1.807, 2.05) is 54.7 Å². The predicted molar refractivity (Wildman–Crippen MR) is 115 cm³/mol. The number of pyridine rings is 1. The molecule has 6 nitrogen and oxygen atoms in total. The van der Waals surface area contributed by atoms with Crippen LogP contribution in [0.25, 0.3) is 10.9 Å². The van der Waals surface area contributed by atoms with Crippen molar-refractivity contribution < 1.29 is 9.53 Å². The minimum Gasteiger partial charge on any atom is -0.495 e. The van der Waals surface area contributed by atoms with Crippen LogP contribution in [0, 0.1) is 0 Å². The van der Waals surface area contributed by atoms with Crippen LogP contribution in [0.4, 0.5) is 11.4 Å². The Balaban J connectivity index is 1.34. The molecule has 0 bridgehead atoms. The summed E-state index contributed by atoms with van der Waals surface area (Å²) in [6, 6.07) is 19.3. The zero-order valence-electron chi connectivity index (χ0n) is 16.1. The Labute approximate surface area is 168 Å². The summed E-state index contributed by atoms with van der Waals surface area (Å²) in [4.78, 5) is 19.9. The normalized spacial score (nSPS) is 10.7. The lowest BCUT2D eigenvalue weighted by Gasteiger charge is -2.11. The maximum absolute atomic E-state index is 12.4. The monoisotopic (exact) mass is 386 g/mol. The highest BCUT2D eigenvalue weighted by atomic mass is 16.5. The number of carbonyl (C=O) groups excluding carboxylic acids is 1. The van der Waals surface area contributed by atoms with E-state index in [0.717, 1.165) is 29.1 Å². The van der Waals surface area contributed by atoms with Crippen molar-refractivity contribution in [2.45, 2.75) is 6.42 Å². The molecule has 4 aromatic rings. The van der Waals surface area contributed by atoms with Crippen LogP contribution >= 0.6 is 0 Å². The number of methoxy groups -OCH3 is 1. The second kappa shape index (κ2) is 8.48. The molecule has 6 heteroatoms. The van der Waals surface area contributed by atoms with Gasteiger partial charge in [0, 0.05) is 23.6 Å². The average Bonchev–Trinajstić information content (AvgIpc) is 3.18. The quantitative estimate of drug-likeness (QED) is 0.443. The number of aromatic amines is 1. The lowest BCUT2D eigenvalue weighted by molar-refractivity contribution is 0.0949. The average molecular weight is 386 g/mol. The molecule has 0 aliphatic carbocycles. The van der Waals surface area contributed by atoms with Crippen molar-refractivity contribution in [2.24, 2.45) is 0 Å². The summed E-state index contributed by atoms with van der Waals surface area (Å²) >= 11 is 0. The number of ether oxygens (including phenoxy) is 1. The van der Waals surface area contributed by atoms with Gasteiger partial charge in [0.25, 0.3) is 5.91 Å². The summed E-state index contributed by atoms with van der Waals surface area (Å²) < 4.78 is 5.33. The minimum atomic E-state index is -0.186. The fourth-order valence-electron chi connectivity index (χ4n) is 3.25. The number of H-pyrrole nitrogens is 1. The van der Waals surface area contributed by atoms with Crippen molar-refractivity contribution >= 4 is 28.2 Å². The van der Waals surface area contributed by atoms with Gasteiger partial charge in [-0.1, -0.05) is 30.3 Å². The number of carbonyl (C=O) groups is 1. The Bertz CT molecular complexity index is 1120. The molecule has 3 N–H and O–H groups in total. The molecular weight excluding hydrogens is 364 g/mol. The first-order chi connectivity index (χ1) is 14.2. The number of aromatic nitrogens is 2. The number of amides is 1. The molecule has 0 saturated heterocycles. The van der Waals surface area contributed by atoms with Crippen molar-refractivity contribution in [1.82, 2.24) is 15.3 Å². The summed E-state index contributed by atoms with van der Waals surface area (Å²) in [5.74, 6) is 0.556. The van der Waals surface area contributed by atoms with E-state index in [2.05, 4.69) is 26.7 Å². The van der Waals surface area contributed by atoms with E-state index < -0.39 is 0 Å². The molecule has 146 valence electrons. The Morgan fingerprint density at radius 1 is 1.07 bits per heavy atom. The van der Waals surface area contributed by atoms with Crippen molar-refractivity contribution in [3.05, 3.63) is 84.3 Å². The first-order valence-electron chi connectivity index (χ1n) is 9.44. The van der Waals surface area contributed by atoms with E-state index in [1.165, 1.54) is 10.9 Å². The number of nitrogens with zero attached hydrogens (tertiary/aromatic N) is 1. The van der Waals surface area contributed by atoms with Gasteiger partial charge in [-0.3, -0.25) is 4.79 Å². The smallest absolute Gasteiger partial charge is 0.269 e. The molecule has 0 aliphatic rings. The van der Waals surface area contributed by atoms with Crippen LogP contribution in [-0.4, -0.2) is 29.5 Å². The van der Waals surface area contributed by atoms with Crippen LogP contribution in [0.5, 0.6) is 5.75 Å².